The van der Waals surface area contributed by atoms with Gasteiger partial charge in [-0.3, -0.25) is 14.4 Å². The van der Waals surface area contributed by atoms with Crippen molar-refractivity contribution in [3.05, 3.63) is 0 Å². The van der Waals surface area contributed by atoms with Crippen molar-refractivity contribution in [3.63, 3.8) is 0 Å². The van der Waals surface area contributed by atoms with Crippen molar-refractivity contribution in [2.45, 2.75) is 20.8 Å². The average Bonchev–Trinajstić information content (AvgIpc) is 1.59. The molecule has 0 N–H and O–H groups in total. The van der Waals surface area contributed by atoms with Crippen molar-refractivity contribution in [2.75, 3.05) is 0 Å². The van der Waals surface area contributed by atoms with Crippen LogP contribution in [-0.4, -0.2) is 17.3 Å². The van der Waals surface area contributed by atoms with E-state index in [1.165, 1.54) is 20.8 Å². The van der Waals surface area contributed by atoms with E-state index in [0.29, 0.717) is 0 Å². The van der Waals surface area contributed by atoms with Crippen molar-refractivity contribution >= 4 is 17.3 Å². The second kappa shape index (κ2) is 5.22. The molecular weight excluding hydrogens is 187 g/mol. The number of ketones is 3. The van der Waals surface area contributed by atoms with Crippen molar-refractivity contribution in [3.8, 4) is 0 Å². The number of carbonyl (C=O) groups is 3. The summed E-state index contributed by atoms with van der Waals surface area (Å²) in [6.45, 7) is 3.73. The molecule has 0 unspecified atom stereocenters. The maximum atomic E-state index is 10.6. The van der Waals surface area contributed by atoms with Gasteiger partial charge in [0.15, 0.2) is 0 Å². The zero-order valence-corrected chi connectivity index (χ0v) is 7.86. The molecule has 0 aromatic rings. The van der Waals surface area contributed by atoms with E-state index in [-0.39, 0.29) is 34.4 Å². The van der Waals surface area contributed by atoms with Gasteiger partial charge in [-0.05, 0) is 20.8 Å². The van der Waals surface area contributed by atoms with E-state index in [0.717, 1.165) is 0 Å². The molecule has 0 spiro atoms. The van der Waals surface area contributed by atoms with Gasteiger partial charge in [0.1, 0.15) is 23.3 Å². The van der Waals surface area contributed by atoms with Crippen LogP contribution in [0.3, 0.4) is 0 Å². The average molecular weight is 197 g/mol. The standard InChI is InChI=1S/C7H10O3.Mn/c1-4(8)7(5(2)9)6(3)10;/h7H,1-3H3;. The third kappa shape index (κ3) is 4.06. The summed E-state index contributed by atoms with van der Waals surface area (Å²) in [6, 6.07) is 0. The molecule has 0 saturated carbocycles. The molecule has 4 heteroatoms. The molecule has 0 aromatic heterocycles. The van der Waals surface area contributed by atoms with Gasteiger partial charge in [-0.25, -0.2) is 0 Å². The Labute approximate surface area is 76.0 Å². The van der Waals surface area contributed by atoms with Gasteiger partial charge in [0.05, 0.1) is 0 Å². The molecule has 0 atom stereocenters. The van der Waals surface area contributed by atoms with Crippen LogP contribution in [0.4, 0.5) is 0 Å². The van der Waals surface area contributed by atoms with Gasteiger partial charge in [-0.2, -0.15) is 0 Å². The van der Waals surface area contributed by atoms with Crippen LogP contribution in [-0.2, 0) is 31.5 Å². The Morgan fingerprint density at radius 3 is 1.00 bits per heavy atom. The summed E-state index contributed by atoms with van der Waals surface area (Å²) in [5, 5.41) is 0. The fraction of sp³-hybridized carbons (Fsp3) is 0.571. The molecule has 0 rings (SSSR count). The maximum absolute atomic E-state index is 10.6. The van der Waals surface area contributed by atoms with Crippen molar-refractivity contribution in [1.82, 2.24) is 0 Å². The fourth-order valence-electron chi connectivity index (χ4n) is 0.859. The van der Waals surface area contributed by atoms with Gasteiger partial charge in [0, 0.05) is 17.1 Å². The van der Waals surface area contributed by atoms with Crippen molar-refractivity contribution in [1.29, 1.82) is 0 Å². The van der Waals surface area contributed by atoms with Gasteiger partial charge < -0.3 is 0 Å². The Kier molecular flexibility index (Phi) is 6.23. The van der Waals surface area contributed by atoms with Crippen molar-refractivity contribution < 1.29 is 31.5 Å². The molecule has 0 saturated heterocycles. The normalized spacial score (nSPS) is 8.73. The molecule has 0 aromatic carbocycles. The zero-order chi connectivity index (χ0) is 8.31. The third-order valence-corrected chi connectivity index (χ3v) is 1.22. The molecule has 0 bridgehead atoms. The van der Waals surface area contributed by atoms with Crippen LogP contribution < -0.4 is 0 Å². The van der Waals surface area contributed by atoms with Crippen LogP contribution in [0.2, 0.25) is 0 Å². The number of rotatable bonds is 3. The summed E-state index contributed by atoms with van der Waals surface area (Å²) in [4.78, 5) is 31.8. The quantitative estimate of drug-likeness (QED) is 0.485. The molecule has 11 heavy (non-hydrogen) atoms. The zero-order valence-electron chi connectivity index (χ0n) is 6.68. The topological polar surface area (TPSA) is 51.2 Å². The second-order valence-corrected chi connectivity index (χ2v) is 2.26. The second-order valence-electron chi connectivity index (χ2n) is 2.26. The van der Waals surface area contributed by atoms with E-state index in [1.807, 2.05) is 0 Å². The number of hydrogen-bond acceptors (Lipinski definition) is 3. The van der Waals surface area contributed by atoms with Crippen LogP contribution in [0, 0.1) is 5.92 Å². The Balaban J connectivity index is 0. The Morgan fingerprint density at radius 2 is 1.00 bits per heavy atom. The molecule has 0 aliphatic carbocycles. The van der Waals surface area contributed by atoms with Crippen LogP contribution in [0.25, 0.3) is 0 Å². The summed E-state index contributed by atoms with van der Waals surface area (Å²) in [5.74, 6) is -2.15. The fourth-order valence-corrected chi connectivity index (χ4v) is 0.859. The van der Waals surface area contributed by atoms with Gasteiger partial charge in [0.25, 0.3) is 0 Å². The Bertz CT molecular complexity index is 153. The minimum absolute atomic E-state index is 0. The molecule has 0 heterocycles. The van der Waals surface area contributed by atoms with Gasteiger partial charge in [-0.1, -0.05) is 0 Å². The van der Waals surface area contributed by atoms with Crippen LogP contribution in [0.5, 0.6) is 0 Å². The van der Waals surface area contributed by atoms with Gasteiger partial charge in [-0.15, -0.1) is 0 Å². The van der Waals surface area contributed by atoms with Crippen LogP contribution in [0.1, 0.15) is 20.8 Å². The van der Waals surface area contributed by atoms with E-state index in [9.17, 15) is 14.4 Å². The molecular formula is C7H10MnO3. The molecule has 0 fully saturated rings. The Hall–Kier alpha value is -0.471. The number of hydrogen-bond donors (Lipinski definition) is 0. The molecule has 3 nitrogen and oxygen atoms in total. The summed E-state index contributed by atoms with van der Waals surface area (Å²) in [7, 11) is 0. The predicted molar refractivity (Wildman–Crippen MR) is 35.5 cm³/mol. The SMILES string of the molecule is CC(=O)C(C(C)=O)C(C)=O.[Mn]. The van der Waals surface area contributed by atoms with Gasteiger partial charge in [0.2, 0.25) is 0 Å². The van der Waals surface area contributed by atoms with E-state index >= 15 is 0 Å². The van der Waals surface area contributed by atoms with E-state index in [2.05, 4.69) is 0 Å². The van der Waals surface area contributed by atoms with E-state index in [1.54, 1.807) is 0 Å². The number of carbonyl (C=O) groups excluding carboxylic acids is 3. The molecule has 63 valence electrons. The first kappa shape index (κ1) is 13.1. The first-order valence-corrected chi connectivity index (χ1v) is 2.98. The van der Waals surface area contributed by atoms with Crippen molar-refractivity contribution in [2.24, 2.45) is 5.92 Å². The molecule has 0 aliphatic heterocycles. The van der Waals surface area contributed by atoms with E-state index < -0.39 is 5.92 Å². The Morgan fingerprint density at radius 1 is 0.818 bits per heavy atom. The third-order valence-electron chi connectivity index (χ3n) is 1.22. The van der Waals surface area contributed by atoms with Gasteiger partial charge >= 0.3 is 0 Å². The molecule has 1 radical (unpaired) electrons. The molecule has 0 aliphatic rings. The van der Waals surface area contributed by atoms with Crippen LogP contribution >= 0.6 is 0 Å². The summed E-state index contributed by atoms with van der Waals surface area (Å²) in [5.41, 5.74) is 0. The first-order valence-electron chi connectivity index (χ1n) is 2.98. The van der Waals surface area contributed by atoms with Crippen LogP contribution in [0.15, 0.2) is 0 Å². The summed E-state index contributed by atoms with van der Waals surface area (Å²) < 4.78 is 0. The smallest absolute Gasteiger partial charge is 0.147 e. The summed E-state index contributed by atoms with van der Waals surface area (Å²) in [6.07, 6.45) is 0. The molecule has 0 amide bonds. The number of Topliss-reactive ketones (excluding diaryl/α,β-unsaturated/α-hetero) is 3. The first-order chi connectivity index (χ1) is 4.46. The monoisotopic (exact) mass is 197 g/mol. The summed E-state index contributed by atoms with van der Waals surface area (Å²) >= 11 is 0. The largest absolute Gasteiger partial charge is 0.299 e. The minimum Gasteiger partial charge on any atom is -0.299 e. The maximum Gasteiger partial charge on any atom is 0.147 e. The van der Waals surface area contributed by atoms with E-state index in [4.69, 9.17) is 0 Å². The predicted octanol–water partition coefficient (Wildman–Crippen LogP) is 0.367. The minimum atomic E-state index is -1.03.